The maximum Gasteiger partial charge on any atom is 0.220 e. The van der Waals surface area contributed by atoms with Gasteiger partial charge >= 0.3 is 0 Å². The van der Waals surface area contributed by atoms with Crippen LogP contribution in [-0.2, 0) is 0 Å². The van der Waals surface area contributed by atoms with Crippen LogP contribution in [0.1, 0.15) is 0 Å². The van der Waals surface area contributed by atoms with Gasteiger partial charge in [-0.05, 0) is 40.2 Å². The Bertz CT molecular complexity index is 521. The van der Waals surface area contributed by atoms with Crippen LogP contribution in [-0.4, -0.2) is 4.98 Å². The molecule has 16 heavy (non-hydrogen) atoms. The molecule has 5 heteroatoms. The van der Waals surface area contributed by atoms with Gasteiger partial charge in [-0.3, -0.25) is 0 Å². The highest BCUT2D eigenvalue weighted by Crippen LogP contribution is 2.25. The van der Waals surface area contributed by atoms with Crippen molar-refractivity contribution in [3.05, 3.63) is 51.8 Å². The van der Waals surface area contributed by atoms with Crippen molar-refractivity contribution in [3.63, 3.8) is 0 Å². The summed E-state index contributed by atoms with van der Waals surface area (Å²) in [5.74, 6) is 0.514. The Hall–Kier alpha value is -1.13. The van der Waals surface area contributed by atoms with E-state index in [0.29, 0.717) is 21.3 Å². The number of ether oxygens (including phenoxy) is 1. The van der Waals surface area contributed by atoms with E-state index in [1.165, 1.54) is 18.2 Å². The van der Waals surface area contributed by atoms with Gasteiger partial charge in [-0.15, -0.1) is 0 Å². The van der Waals surface area contributed by atoms with Crippen molar-refractivity contribution in [2.24, 2.45) is 0 Å². The summed E-state index contributed by atoms with van der Waals surface area (Å²) in [5.41, 5.74) is 0. The number of aromatic nitrogens is 1. The molecule has 2 aromatic rings. The van der Waals surface area contributed by atoms with Crippen LogP contribution in [0.3, 0.4) is 0 Å². The molecule has 0 bridgehead atoms. The van der Waals surface area contributed by atoms with Crippen LogP contribution in [0.25, 0.3) is 0 Å². The predicted octanol–water partition coefficient (Wildman–Crippen LogP) is 4.43. The number of halogens is 3. The maximum atomic E-state index is 13.0. The van der Waals surface area contributed by atoms with Crippen LogP contribution >= 0.6 is 27.5 Å². The fourth-order valence-corrected chi connectivity index (χ4v) is 1.62. The Morgan fingerprint density at radius 3 is 2.75 bits per heavy atom. The predicted molar refractivity (Wildman–Crippen MR) is 63.4 cm³/mol. The zero-order chi connectivity index (χ0) is 11.5. The Balaban J connectivity index is 2.24. The van der Waals surface area contributed by atoms with E-state index in [1.54, 1.807) is 18.2 Å². The summed E-state index contributed by atoms with van der Waals surface area (Å²) < 4.78 is 18.7. The molecule has 0 saturated carbocycles. The molecule has 2 rings (SSSR count). The quantitative estimate of drug-likeness (QED) is 0.766. The van der Waals surface area contributed by atoms with Crippen molar-refractivity contribution in [1.29, 1.82) is 0 Å². The second-order valence-electron chi connectivity index (χ2n) is 2.98. The third-order valence-electron chi connectivity index (χ3n) is 1.80. The zero-order valence-electron chi connectivity index (χ0n) is 7.95. The van der Waals surface area contributed by atoms with Gasteiger partial charge in [-0.25, -0.2) is 9.37 Å². The van der Waals surface area contributed by atoms with E-state index >= 15 is 0 Å². The number of nitrogens with zero attached hydrogens (tertiary/aromatic N) is 1. The molecule has 0 aliphatic carbocycles. The first-order valence-corrected chi connectivity index (χ1v) is 5.58. The lowest BCUT2D eigenvalue weighted by atomic mass is 10.3. The van der Waals surface area contributed by atoms with Crippen LogP contribution in [0.2, 0.25) is 5.15 Å². The molecule has 0 spiro atoms. The maximum absolute atomic E-state index is 13.0. The molecule has 1 aromatic carbocycles. The first kappa shape index (κ1) is 11.4. The minimum Gasteiger partial charge on any atom is -0.439 e. The largest absolute Gasteiger partial charge is 0.439 e. The number of rotatable bonds is 2. The molecule has 0 unspecified atom stereocenters. The molecule has 82 valence electrons. The van der Waals surface area contributed by atoms with Gasteiger partial charge in [-0.2, -0.15) is 0 Å². The average Bonchev–Trinajstić information content (AvgIpc) is 2.24. The zero-order valence-corrected chi connectivity index (χ0v) is 10.3. The Morgan fingerprint density at radius 2 is 2.06 bits per heavy atom. The topological polar surface area (TPSA) is 22.1 Å². The van der Waals surface area contributed by atoms with E-state index in [-0.39, 0.29) is 5.82 Å². The van der Waals surface area contributed by atoms with Gasteiger partial charge in [0.15, 0.2) is 0 Å². The molecular formula is C11H6BrClFNO. The first-order chi connectivity index (χ1) is 7.65. The Labute approximate surface area is 105 Å². The third-order valence-corrected chi connectivity index (χ3v) is 2.62. The average molecular weight is 303 g/mol. The smallest absolute Gasteiger partial charge is 0.220 e. The molecule has 1 heterocycles. The minimum atomic E-state index is -0.341. The number of benzene rings is 1. The van der Waals surface area contributed by atoms with E-state index in [0.717, 1.165) is 0 Å². The summed E-state index contributed by atoms with van der Waals surface area (Å²) in [4.78, 5) is 3.95. The van der Waals surface area contributed by atoms with Crippen molar-refractivity contribution >= 4 is 27.5 Å². The van der Waals surface area contributed by atoms with Gasteiger partial charge in [0.1, 0.15) is 16.7 Å². The van der Waals surface area contributed by atoms with Crippen LogP contribution in [0.5, 0.6) is 11.6 Å². The lowest BCUT2D eigenvalue weighted by molar-refractivity contribution is 0.461. The lowest BCUT2D eigenvalue weighted by Gasteiger charge is -2.05. The lowest BCUT2D eigenvalue weighted by Crippen LogP contribution is -1.88. The van der Waals surface area contributed by atoms with Crippen molar-refractivity contribution < 1.29 is 9.13 Å². The minimum absolute atomic E-state index is 0.340. The fourth-order valence-electron chi connectivity index (χ4n) is 1.11. The standard InChI is InChI=1S/C11H6BrClFNO/c12-8-6-7(4-5-9(8)14)16-11-3-1-2-10(13)15-11/h1-6H. The van der Waals surface area contributed by atoms with E-state index in [4.69, 9.17) is 16.3 Å². The molecule has 0 radical (unpaired) electrons. The molecule has 0 fully saturated rings. The highest BCUT2D eigenvalue weighted by Gasteiger charge is 2.03. The van der Waals surface area contributed by atoms with Gasteiger partial charge in [0.25, 0.3) is 0 Å². The molecular weight excluding hydrogens is 296 g/mol. The highest BCUT2D eigenvalue weighted by molar-refractivity contribution is 9.10. The summed E-state index contributed by atoms with van der Waals surface area (Å²) in [6, 6.07) is 9.39. The van der Waals surface area contributed by atoms with Gasteiger partial charge in [0.2, 0.25) is 5.88 Å². The number of pyridine rings is 1. The van der Waals surface area contributed by atoms with Crippen molar-refractivity contribution in [2.45, 2.75) is 0 Å². The van der Waals surface area contributed by atoms with Gasteiger partial charge < -0.3 is 4.74 Å². The number of hydrogen-bond donors (Lipinski definition) is 0. The summed E-state index contributed by atoms with van der Waals surface area (Å²) in [7, 11) is 0. The molecule has 2 nitrogen and oxygen atoms in total. The van der Waals surface area contributed by atoms with E-state index in [2.05, 4.69) is 20.9 Å². The second-order valence-corrected chi connectivity index (χ2v) is 4.22. The number of hydrogen-bond acceptors (Lipinski definition) is 2. The normalized spacial score (nSPS) is 10.2. The Morgan fingerprint density at radius 1 is 1.25 bits per heavy atom. The summed E-state index contributed by atoms with van der Waals surface area (Å²) in [5, 5.41) is 0.346. The molecule has 0 aliphatic heterocycles. The van der Waals surface area contributed by atoms with Crippen LogP contribution in [0, 0.1) is 5.82 Å². The van der Waals surface area contributed by atoms with Gasteiger partial charge in [0, 0.05) is 6.07 Å². The first-order valence-electron chi connectivity index (χ1n) is 4.40. The molecule has 1 aromatic heterocycles. The van der Waals surface area contributed by atoms with Crippen LogP contribution < -0.4 is 4.74 Å². The third kappa shape index (κ3) is 2.71. The van der Waals surface area contributed by atoms with Gasteiger partial charge in [0.05, 0.1) is 4.47 Å². The van der Waals surface area contributed by atoms with Crippen LogP contribution in [0.15, 0.2) is 40.9 Å². The van der Waals surface area contributed by atoms with E-state index in [1.807, 2.05) is 0 Å². The van der Waals surface area contributed by atoms with Gasteiger partial charge in [-0.1, -0.05) is 17.7 Å². The highest BCUT2D eigenvalue weighted by atomic mass is 79.9. The van der Waals surface area contributed by atoms with Crippen molar-refractivity contribution in [1.82, 2.24) is 4.98 Å². The molecule has 0 saturated heterocycles. The molecule has 0 amide bonds. The Kier molecular flexibility index (Phi) is 3.41. The van der Waals surface area contributed by atoms with E-state index < -0.39 is 0 Å². The molecule has 0 N–H and O–H groups in total. The summed E-state index contributed by atoms with van der Waals surface area (Å²) in [6.45, 7) is 0. The fraction of sp³-hybridized carbons (Fsp3) is 0. The second kappa shape index (κ2) is 4.80. The van der Waals surface area contributed by atoms with Crippen molar-refractivity contribution in [3.8, 4) is 11.6 Å². The van der Waals surface area contributed by atoms with Crippen molar-refractivity contribution in [2.75, 3.05) is 0 Å². The van der Waals surface area contributed by atoms with Crippen LogP contribution in [0.4, 0.5) is 4.39 Å². The summed E-state index contributed by atoms with van der Waals surface area (Å²) >= 11 is 8.78. The van der Waals surface area contributed by atoms with E-state index in [9.17, 15) is 4.39 Å². The monoisotopic (exact) mass is 301 g/mol. The summed E-state index contributed by atoms with van der Waals surface area (Å²) in [6.07, 6.45) is 0. The molecule has 0 atom stereocenters. The SMILES string of the molecule is Fc1ccc(Oc2cccc(Cl)n2)cc1Br. The molecule has 0 aliphatic rings.